The molecule has 2 aromatic rings. The van der Waals surface area contributed by atoms with Crippen molar-refractivity contribution in [2.45, 2.75) is 13.0 Å². The highest BCUT2D eigenvalue weighted by atomic mass is 16.5. The van der Waals surface area contributed by atoms with Crippen molar-refractivity contribution >= 4 is 5.97 Å². The van der Waals surface area contributed by atoms with Crippen LogP contribution in [0.15, 0.2) is 60.4 Å². The maximum atomic E-state index is 10.9. The van der Waals surface area contributed by atoms with Gasteiger partial charge in [-0.1, -0.05) is 24.3 Å². The first-order valence-corrected chi connectivity index (χ1v) is 8.06. The summed E-state index contributed by atoms with van der Waals surface area (Å²) in [7, 11) is 1.64. The number of aliphatic carboxylic acids is 1. The van der Waals surface area contributed by atoms with Crippen LogP contribution < -0.4 is 9.47 Å². The van der Waals surface area contributed by atoms with E-state index < -0.39 is 5.97 Å². The lowest BCUT2D eigenvalue weighted by Gasteiger charge is -2.15. The molecule has 0 spiro atoms. The molecule has 1 aliphatic heterocycles. The minimum atomic E-state index is -1.04. The first-order valence-electron chi connectivity index (χ1n) is 8.06. The van der Waals surface area contributed by atoms with E-state index in [4.69, 9.17) is 19.3 Å². The molecule has 2 atom stereocenters. The summed E-state index contributed by atoms with van der Waals surface area (Å²) in [4.78, 5) is 10.9. The third-order valence-corrected chi connectivity index (χ3v) is 4.21. The predicted octanol–water partition coefficient (Wildman–Crippen LogP) is 3.74. The second kappa shape index (κ2) is 7.30. The highest BCUT2D eigenvalue weighted by Crippen LogP contribution is 2.27. The summed E-state index contributed by atoms with van der Waals surface area (Å²) in [5, 5.41) is 8.96. The number of ether oxygens (including phenoxy) is 3. The Balaban J connectivity index is 1.62. The van der Waals surface area contributed by atoms with Gasteiger partial charge >= 0.3 is 5.97 Å². The molecular formula is C20H20O5. The van der Waals surface area contributed by atoms with Crippen LogP contribution in [0.2, 0.25) is 0 Å². The first kappa shape index (κ1) is 16.9. The molecular weight excluding hydrogens is 320 g/mol. The Morgan fingerprint density at radius 3 is 2.08 bits per heavy atom. The number of hydrogen-bond acceptors (Lipinski definition) is 4. The van der Waals surface area contributed by atoms with Crippen LogP contribution in [0.4, 0.5) is 0 Å². The fraction of sp³-hybridized carbons (Fsp3) is 0.250. The Bertz CT molecular complexity index is 762. The second-order valence-corrected chi connectivity index (χ2v) is 5.89. The van der Waals surface area contributed by atoms with Gasteiger partial charge in [0, 0.05) is 0 Å². The van der Waals surface area contributed by atoms with Crippen LogP contribution in [0.25, 0.3) is 11.1 Å². The summed E-state index contributed by atoms with van der Waals surface area (Å²) in [5.74, 6) is 0.438. The van der Waals surface area contributed by atoms with Crippen molar-refractivity contribution in [1.82, 2.24) is 0 Å². The summed E-state index contributed by atoms with van der Waals surface area (Å²) in [6.07, 6.45) is 1.41. The molecule has 1 aliphatic rings. The van der Waals surface area contributed by atoms with E-state index in [1.807, 2.05) is 55.5 Å². The molecule has 130 valence electrons. The largest absolute Gasteiger partial charge is 0.497 e. The highest BCUT2D eigenvalue weighted by molar-refractivity contribution is 5.84. The molecule has 0 bridgehead atoms. The van der Waals surface area contributed by atoms with Gasteiger partial charge in [0.15, 0.2) is 0 Å². The SMILES string of the molecule is COc1ccc(-c2ccc(OCC3C=C(C(=O)O)OC3C)cc2)cc1. The molecule has 5 heteroatoms. The van der Waals surface area contributed by atoms with Crippen LogP contribution in [0.1, 0.15) is 6.92 Å². The molecule has 2 unspecified atom stereocenters. The Morgan fingerprint density at radius 2 is 1.60 bits per heavy atom. The van der Waals surface area contributed by atoms with Gasteiger partial charge in [-0.3, -0.25) is 0 Å². The van der Waals surface area contributed by atoms with E-state index in [0.29, 0.717) is 6.61 Å². The van der Waals surface area contributed by atoms with Gasteiger partial charge in [-0.05, 0) is 48.4 Å². The van der Waals surface area contributed by atoms with Crippen LogP contribution >= 0.6 is 0 Å². The Morgan fingerprint density at radius 1 is 1.04 bits per heavy atom. The topological polar surface area (TPSA) is 65.0 Å². The third-order valence-electron chi connectivity index (χ3n) is 4.21. The fourth-order valence-electron chi connectivity index (χ4n) is 2.68. The van der Waals surface area contributed by atoms with E-state index in [1.54, 1.807) is 13.2 Å². The number of carboxylic acid groups (broad SMARTS) is 1. The number of hydrogen-bond donors (Lipinski definition) is 1. The van der Waals surface area contributed by atoms with Crippen molar-refractivity contribution in [3.05, 3.63) is 60.4 Å². The summed E-state index contributed by atoms with van der Waals surface area (Å²) < 4.78 is 16.2. The van der Waals surface area contributed by atoms with Crippen molar-refractivity contribution in [2.24, 2.45) is 5.92 Å². The van der Waals surface area contributed by atoms with E-state index in [0.717, 1.165) is 22.6 Å². The standard InChI is InChI=1S/C20H20O5/c1-13-16(11-19(25-13)20(21)22)12-24-18-9-5-15(6-10-18)14-3-7-17(23-2)8-4-14/h3-11,13,16H,12H2,1-2H3,(H,21,22). The van der Waals surface area contributed by atoms with E-state index >= 15 is 0 Å². The smallest absolute Gasteiger partial charge is 0.370 e. The van der Waals surface area contributed by atoms with Gasteiger partial charge in [-0.15, -0.1) is 0 Å². The van der Waals surface area contributed by atoms with Crippen molar-refractivity contribution in [3.8, 4) is 22.6 Å². The van der Waals surface area contributed by atoms with Gasteiger partial charge in [0.1, 0.15) is 17.6 Å². The molecule has 3 rings (SSSR count). The molecule has 0 aromatic heterocycles. The Labute approximate surface area is 146 Å². The van der Waals surface area contributed by atoms with Crippen LogP contribution in [-0.2, 0) is 9.53 Å². The Hall–Kier alpha value is -2.95. The van der Waals surface area contributed by atoms with Gasteiger partial charge in [-0.2, -0.15) is 0 Å². The fourth-order valence-corrected chi connectivity index (χ4v) is 2.68. The molecule has 25 heavy (non-hydrogen) atoms. The summed E-state index contributed by atoms with van der Waals surface area (Å²) in [6.45, 7) is 2.22. The van der Waals surface area contributed by atoms with Gasteiger partial charge < -0.3 is 19.3 Å². The van der Waals surface area contributed by atoms with Crippen molar-refractivity contribution in [2.75, 3.05) is 13.7 Å². The molecule has 0 aliphatic carbocycles. The molecule has 0 amide bonds. The molecule has 5 nitrogen and oxygen atoms in total. The summed E-state index contributed by atoms with van der Waals surface area (Å²) in [5.41, 5.74) is 2.18. The highest BCUT2D eigenvalue weighted by Gasteiger charge is 2.29. The first-order chi connectivity index (χ1) is 12.1. The van der Waals surface area contributed by atoms with Gasteiger partial charge in [0.2, 0.25) is 5.76 Å². The number of rotatable bonds is 6. The van der Waals surface area contributed by atoms with Crippen LogP contribution in [0, 0.1) is 5.92 Å². The molecule has 1 N–H and O–H groups in total. The number of benzene rings is 2. The third kappa shape index (κ3) is 3.94. The summed E-state index contributed by atoms with van der Waals surface area (Å²) >= 11 is 0. The van der Waals surface area contributed by atoms with Crippen LogP contribution in [0.5, 0.6) is 11.5 Å². The van der Waals surface area contributed by atoms with E-state index in [-0.39, 0.29) is 17.8 Å². The van der Waals surface area contributed by atoms with Gasteiger partial charge in [-0.25, -0.2) is 4.79 Å². The lowest BCUT2D eigenvalue weighted by molar-refractivity contribution is -0.137. The van der Waals surface area contributed by atoms with Crippen molar-refractivity contribution in [3.63, 3.8) is 0 Å². The normalized spacial score (nSPS) is 19.0. The van der Waals surface area contributed by atoms with Crippen LogP contribution in [0.3, 0.4) is 0 Å². The predicted molar refractivity (Wildman–Crippen MR) is 93.7 cm³/mol. The quantitative estimate of drug-likeness (QED) is 0.868. The maximum absolute atomic E-state index is 10.9. The van der Waals surface area contributed by atoms with Gasteiger partial charge in [0.25, 0.3) is 0 Å². The monoisotopic (exact) mass is 340 g/mol. The minimum absolute atomic E-state index is 0.00375. The average Bonchev–Trinajstić information content (AvgIpc) is 3.02. The zero-order valence-electron chi connectivity index (χ0n) is 14.1. The van der Waals surface area contributed by atoms with E-state index in [2.05, 4.69) is 0 Å². The van der Waals surface area contributed by atoms with E-state index in [9.17, 15) is 4.79 Å². The zero-order valence-corrected chi connectivity index (χ0v) is 14.1. The molecule has 0 fully saturated rings. The summed E-state index contributed by atoms with van der Waals surface area (Å²) in [6, 6.07) is 15.6. The molecule has 2 aromatic carbocycles. The minimum Gasteiger partial charge on any atom is -0.497 e. The second-order valence-electron chi connectivity index (χ2n) is 5.89. The van der Waals surface area contributed by atoms with Crippen LogP contribution in [-0.4, -0.2) is 30.9 Å². The zero-order chi connectivity index (χ0) is 17.8. The van der Waals surface area contributed by atoms with Crippen molar-refractivity contribution in [1.29, 1.82) is 0 Å². The molecule has 0 saturated heterocycles. The average molecular weight is 340 g/mol. The lowest BCUT2D eigenvalue weighted by atomic mass is 10.1. The van der Waals surface area contributed by atoms with Crippen molar-refractivity contribution < 1.29 is 24.1 Å². The molecule has 0 radical (unpaired) electrons. The number of carbonyl (C=O) groups is 1. The lowest BCUT2D eigenvalue weighted by Crippen LogP contribution is -2.19. The molecule has 1 heterocycles. The number of carboxylic acids is 1. The maximum Gasteiger partial charge on any atom is 0.370 e. The Kier molecular flexibility index (Phi) is 4.93. The van der Waals surface area contributed by atoms with Gasteiger partial charge in [0.05, 0.1) is 19.6 Å². The van der Waals surface area contributed by atoms with E-state index in [1.165, 1.54) is 0 Å². The molecule has 0 saturated carbocycles. The number of methoxy groups -OCH3 is 1.